The van der Waals surface area contributed by atoms with E-state index < -0.39 is 6.10 Å². The van der Waals surface area contributed by atoms with Gasteiger partial charge in [-0.3, -0.25) is 9.59 Å². The van der Waals surface area contributed by atoms with E-state index in [0.717, 1.165) is 77.0 Å². The Balaban J connectivity index is 4.26. The van der Waals surface area contributed by atoms with Gasteiger partial charge < -0.3 is 14.2 Å². The third-order valence-electron chi connectivity index (χ3n) is 12.5. The van der Waals surface area contributed by atoms with Crippen LogP contribution in [-0.4, -0.2) is 37.9 Å². The predicted octanol–water partition coefficient (Wildman–Crippen LogP) is 19.7. The molecule has 0 bridgehead atoms. The van der Waals surface area contributed by atoms with Crippen molar-refractivity contribution in [3.63, 3.8) is 0 Å². The molecule has 0 aliphatic carbocycles. The lowest BCUT2D eigenvalue weighted by Gasteiger charge is -2.18. The molecule has 0 radical (unpaired) electrons. The SMILES string of the molecule is CC/C=C\C/C=C\C/C=C\CCCCCCCC(=O)OC(COCCCCCCCC/C=C\C/C=C\CCCCC)COC(=O)CCCCCCCCCCCCCCCCCCCCC. The summed E-state index contributed by atoms with van der Waals surface area (Å²) in [4.78, 5) is 25.5. The highest BCUT2D eigenvalue weighted by Crippen LogP contribution is 2.16. The molecule has 384 valence electrons. The zero-order chi connectivity index (χ0) is 47.7. The first-order valence-electron chi connectivity index (χ1n) is 28.8. The average molecular weight is 924 g/mol. The van der Waals surface area contributed by atoms with E-state index in [4.69, 9.17) is 14.2 Å². The van der Waals surface area contributed by atoms with Crippen molar-refractivity contribution in [1.29, 1.82) is 0 Å². The predicted molar refractivity (Wildman–Crippen MR) is 288 cm³/mol. The van der Waals surface area contributed by atoms with E-state index in [-0.39, 0.29) is 25.2 Å². The highest BCUT2D eigenvalue weighted by Gasteiger charge is 2.17. The number of hydrogen-bond donors (Lipinski definition) is 0. The summed E-state index contributed by atoms with van der Waals surface area (Å²) in [6, 6.07) is 0. The molecule has 1 unspecified atom stereocenters. The second-order valence-corrected chi connectivity index (χ2v) is 19.2. The summed E-state index contributed by atoms with van der Waals surface area (Å²) in [7, 11) is 0. The van der Waals surface area contributed by atoms with Crippen LogP contribution in [0.25, 0.3) is 0 Å². The lowest BCUT2D eigenvalue weighted by Crippen LogP contribution is -2.30. The van der Waals surface area contributed by atoms with Gasteiger partial charge in [0.2, 0.25) is 0 Å². The quantitative estimate of drug-likeness (QED) is 0.0346. The maximum absolute atomic E-state index is 12.8. The summed E-state index contributed by atoms with van der Waals surface area (Å²) < 4.78 is 17.5. The van der Waals surface area contributed by atoms with E-state index in [1.165, 1.54) is 180 Å². The molecular weight excluding hydrogens is 813 g/mol. The van der Waals surface area contributed by atoms with Crippen LogP contribution in [0.3, 0.4) is 0 Å². The third-order valence-corrected chi connectivity index (χ3v) is 12.5. The van der Waals surface area contributed by atoms with Gasteiger partial charge in [0.15, 0.2) is 6.10 Å². The monoisotopic (exact) mass is 923 g/mol. The van der Waals surface area contributed by atoms with Crippen molar-refractivity contribution in [2.45, 2.75) is 297 Å². The van der Waals surface area contributed by atoms with Crippen LogP contribution in [0.1, 0.15) is 290 Å². The smallest absolute Gasteiger partial charge is 0.306 e. The molecule has 0 amide bonds. The largest absolute Gasteiger partial charge is 0.462 e. The highest BCUT2D eigenvalue weighted by molar-refractivity contribution is 5.70. The van der Waals surface area contributed by atoms with Gasteiger partial charge in [-0.15, -0.1) is 0 Å². The van der Waals surface area contributed by atoms with E-state index in [2.05, 4.69) is 81.5 Å². The molecule has 0 saturated carbocycles. The number of allylic oxidation sites excluding steroid dienone is 10. The molecule has 0 saturated heterocycles. The fourth-order valence-electron chi connectivity index (χ4n) is 8.26. The van der Waals surface area contributed by atoms with Crippen molar-refractivity contribution < 1.29 is 23.8 Å². The molecule has 0 aliphatic heterocycles. The van der Waals surface area contributed by atoms with Gasteiger partial charge in [0.1, 0.15) is 6.61 Å². The Kier molecular flexibility index (Phi) is 54.9. The second-order valence-electron chi connectivity index (χ2n) is 19.2. The van der Waals surface area contributed by atoms with E-state index in [1.807, 2.05) is 0 Å². The summed E-state index contributed by atoms with van der Waals surface area (Å²) >= 11 is 0. The molecular formula is C61H110O5. The minimum atomic E-state index is -0.550. The van der Waals surface area contributed by atoms with Gasteiger partial charge >= 0.3 is 11.9 Å². The van der Waals surface area contributed by atoms with E-state index in [9.17, 15) is 9.59 Å². The molecule has 0 aliphatic rings. The Morgan fingerprint density at radius 3 is 1.12 bits per heavy atom. The molecule has 0 aromatic heterocycles. The van der Waals surface area contributed by atoms with Crippen molar-refractivity contribution >= 4 is 11.9 Å². The zero-order valence-electron chi connectivity index (χ0n) is 44.2. The molecule has 0 aromatic carbocycles. The molecule has 0 heterocycles. The fraction of sp³-hybridized carbons (Fsp3) is 0.803. The first-order chi connectivity index (χ1) is 32.6. The van der Waals surface area contributed by atoms with Gasteiger partial charge in [0.05, 0.1) is 6.61 Å². The number of hydrogen-bond acceptors (Lipinski definition) is 5. The van der Waals surface area contributed by atoms with Crippen LogP contribution in [0.4, 0.5) is 0 Å². The van der Waals surface area contributed by atoms with Crippen LogP contribution in [0.5, 0.6) is 0 Å². The fourth-order valence-corrected chi connectivity index (χ4v) is 8.26. The molecule has 5 nitrogen and oxygen atoms in total. The minimum absolute atomic E-state index is 0.0760. The number of ether oxygens (including phenoxy) is 3. The lowest BCUT2D eigenvalue weighted by atomic mass is 10.0. The molecule has 0 fully saturated rings. The Labute approximate surface area is 411 Å². The van der Waals surface area contributed by atoms with E-state index >= 15 is 0 Å². The molecule has 5 heteroatoms. The van der Waals surface area contributed by atoms with Crippen LogP contribution < -0.4 is 0 Å². The topological polar surface area (TPSA) is 61.8 Å². The average Bonchev–Trinajstić information content (AvgIpc) is 3.32. The van der Waals surface area contributed by atoms with E-state index in [1.54, 1.807) is 0 Å². The Morgan fingerprint density at radius 2 is 0.682 bits per heavy atom. The van der Waals surface area contributed by atoms with Crippen molar-refractivity contribution in [3.05, 3.63) is 60.8 Å². The first-order valence-corrected chi connectivity index (χ1v) is 28.8. The third kappa shape index (κ3) is 54.2. The summed E-state index contributed by atoms with van der Waals surface area (Å²) in [6.07, 6.45) is 72.4. The van der Waals surface area contributed by atoms with Gasteiger partial charge in [-0.1, -0.05) is 255 Å². The second kappa shape index (κ2) is 56.9. The van der Waals surface area contributed by atoms with Crippen LogP contribution >= 0.6 is 0 Å². The first kappa shape index (κ1) is 63.6. The van der Waals surface area contributed by atoms with Crippen molar-refractivity contribution in [2.75, 3.05) is 19.8 Å². The summed E-state index contributed by atoms with van der Waals surface area (Å²) in [5.41, 5.74) is 0. The summed E-state index contributed by atoms with van der Waals surface area (Å²) in [5, 5.41) is 0. The van der Waals surface area contributed by atoms with Crippen LogP contribution in [0, 0.1) is 0 Å². The highest BCUT2D eigenvalue weighted by atomic mass is 16.6. The van der Waals surface area contributed by atoms with Gasteiger partial charge in [-0.25, -0.2) is 0 Å². The molecule has 0 N–H and O–H groups in total. The number of carbonyl (C=O) groups excluding carboxylic acids is 2. The molecule has 0 spiro atoms. The van der Waals surface area contributed by atoms with Crippen LogP contribution in [-0.2, 0) is 23.8 Å². The number of unbranched alkanes of at least 4 members (excludes halogenated alkanes) is 32. The Morgan fingerprint density at radius 1 is 0.348 bits per heavy atom. The molecule has 66 heavy (non-hydrogen) atoms. The number of esters is 2. The van der Waals surface area contributed by atoms with Crippen LogP contribution in [0.2, 0.25) is 0 Å². The number of carbonyl (C=O) groups is 2. The molecule has 0 aromatic rings. The number of rotatable bonds is 53. The standard InChI is InChI=1S/C61H110O5/c1-4-7-10-13-16-19-22-25-28-30-31-32-34-36-39-42-45-48-51-54-60(62)65-58-59(57-64-56-53-50-47-44-41-38-35-29-26-23-20-17-14-11-8-5-2)66-61(63)55-52-49-46-43-40-37-33-27-24-21-18-15-12-9-6-3/h9,12,17-18,20-21,26-27,29,33,59H,4-8,10-11,13-16,19,22-25,28,30-32,34-58H2,1-3H3/b12-9-,20-17-,21-18-,29-26-,33-27-. The molecule has 0 rings (SSSR count). The lowest BCUT2D eigenvalue weighted by molar-refractivity contribution is -0.163. The maximum atomic E-state index is 12.8. The molecule has 1 atom stereocenters. The maximum Gasteiger partial charge on any atom is 0.306 e. The summed E-state index contributed by atoms with van der Waals surface area (Å²) in [6.45, 7) is 7.69. The minimum Gasteiger partial charge on any atom is -0.462 e. The van der Waals surface area contributed by atoms with Gasteiger partial charge in [0, 0.05) is 19.4 Å². The van der Waals surface area contributed by atoms with E-state index in [0.29, 0.717) is 19.4 Å². The Bertz CT molecular complexity index is 1130. The normalized spacial score (nSPS) is 12.6. The van der Waals surface area contributed by atoms with Gasteiger partial charge in [0.25, 0.3) is 0 Å². The van der Waals surface area contributed by atoms with Crippen molar-refractivity contribution in [1.82, 2.24) is 0 Å². The van der Waals surface area contributed by atoms with Gasteiger partial charge in [-0.05, 0) is 83.5 Å². The van der Waals surface area contributed by atoms with Crippen molar-refractivity contribution in [2.24, 2.45) is 0 Å². The van der Waals surface area contributed by atoms with Gasteiger partial charge in [-0.2, -0.15) is 0 Å². The zero-order valence-corrected chi connectivity index (χ0v) is 44.2. The Hall–Kier alpha value is -2.40. The summed E-state index contributed by atoms with van der Waals surface area (Å²) in [5.74, 6) is -0.410. The van der Waals surface area contributed by atoms with Crippen molar-refractivity contribution in [3.8, 4) is 0 Å². The van der Waals surface area contributed by atoms with Crippen LogP contribution in [0.15, 0.2) is 60.8 Å².